The van der Waals surface area contributed by atoms with E-state index in [2.05, 4.69) is 32.0 Å². The highest BCUT2D eigenvalue weighted by atomic mass is 16.3. The van der Waals surface area contributed by atoms with E-state index in [4.69, 9.17) is 10.4 Å². The molecule has 1 aliphatic carbocycles. The van der Waals surface area contributed by atoms with Crippen LogP contribution in [0.5, 0.6) is 0 Å². The quantitative estimate of drug-likeness (QED) is 0.262. The number of benzene rings is 1. The number of hydrogen-bond acceptors (Lipinski definition) is 8. The molecule has 0 radical (unpaired) electrons. The van der Waals surface area contributed by atoms with Crippen molar-refractivity contribution >= 4 is 28.8 Å². The minimum absolute atomic E-state index is 0.203. The van der Waals surface area contributed by atoms with Crippen LogP contribution in [-0.4, -0.2) is 55.1 Å². The number of nitriles is 1. The first kappa shape index (κ1) is 28.8. The molecule has 2 atom stereocenters. The van der Waals surface area contributed by atoms with Gasteiger partial charge in [-0.3, -0.25) is 14.7 Å². The third kappa shape index (κ3) is 5.43. The zero-order valence-electron chi connectivity index (χ0n) is 24.6. The molecular formula is C30H35N9O3. The molecule has 0 aliphatic heterocycles. The molecule has 3 aromatic heterocycles. The molecule has 12 heteroatoms. The maximum Gasteiger partial charge on any atom is 0.320 e. The first-order valence-corrected chi connectivity index (χ1v) is 13.8. The van der Waals surface area contributed by atoms with E-state index in [0.29, 0.717) is 46.0 Å². The summed E-state index contributed by atoms with van der Waals surface area (Å²) in [4.78, 5) is 35.7. The van der Waals surface area contributed by atoms with E-state index in [0.717, 1.165) is 5.69 Å². The number of urea groups is 1. The normalized spacial score (nSPS) is 16.6. The van der Waals surface area contributed by atoms with Crippen molar-refractivity contribution < 1.29 is 9.90 Å². The fourth-order valence-corrected chi connectivity index (χ4v) is 4.87. The molecular weight excluding hydrogens is 534 g/mol. The molecule has 42 heavy (non-hydrogen) atoms. The monoisotopic (exact) mass is 569 g/mol. The van der Waals surface area contributed by atoms with Crippen molar-refractivity contribution in [3.63, 3.8) is 0 Å². The number of aromatic nitrogens is 5. The van der Waals surface area contributed by atoms with Crippen LogP contribution >= 0.6 is 0 Å². The standard InChI is InChI=1S/C30H35N9O3/c1-29(2,3)23-13-24(39(37-23)19-9-7-17(14-31)8-10-19)35-28(42)34-22-12-20(22)21-11-18-15-33-27(32-6)36-25(18)38(26(21)41)30(4,5)16-40/h7-11,13,15,20,22,40H,12,16H2,1-6H3,(H,32,33,36)(H2,34,35,42). The Labute approximate surface area is 243 Å². The Bertz CT molecular complexity index is 1760. The number of nitrogens with zero attached hydrogens (tertiary/aromatic N) is 6. The van der Waals surface area contributed by atoms with Gasteiger partial charge in [-0.2, -0.15) is 15.3 Å². The van der Waals surface area contributed by atoms with Crippen LogP contribution in [0.3, 0.4) is 0 Å². The van der Waals surface area contributed by atoms with Gasteiger partial charge >= 0.3 is 6.03 Å². The van der Waals surface area contributed by atoms with Crippen LogP contribution in [0, 0.1) is 11.3 Å². The molecule has 4 aromatic rings. The van der Waals surface area contributed by atoms with E-state index in [1.54, 1.807) is 62.1 Å². The predicted octanol–water partition coefficient (Wildman–Crippen LogP) is 3.59. The predicted molar refractivity (Wildman–Crippen MR) is 160 cm³/mol. The lowest BCUT2D eigenvalue weighted by atomic mass is 9.92. The number of carbonyl (C=O) groups excluding carboxylic acids is 1. The molecule has 3 heterocycles. The van der Waals surface area contributed by atoms with Crippen molar-refractivity contribution in [3.05, 3.63) is 69.8 Å². The van der Waals surface area contributed by atoms with Crippen LogP contribution in [-0.2, 0) is 11.0 Å². The molecule has 0 bridgehead atoms. The highest BCUT2D eigenvalue weighted by molar-refractivity contribution is 5.89. The van der Waals surface area contributed by atoms with Crippen molar-refractivity contribution in [2.45, 2.75) is 64.0 Å². The number of fused-ring (bicyclic) bond motifs is 1. The molecule has 1 aliphatic rings. The van der Waals surface area contributed by atoms with Crippen LogP contribution in [0.2, 0.25) is 0 Å². The second kappa shape index (κ2) is 10.6. The molecule has 2 unspecified atom stereocenters. The largest absolute Gasteiger partial charge is 0.394 e. The summed E-state index contributed by atoms with van der Waals surface area (Å²) < 4.78 is 3.16. The van der Waals surface area contributed by atoms with Crippen molar-refractivity contribution in [1.82, 2.24) is 29.6 Å². The molecule has 1 aromatic carbocycles. The lowest BCUT2D eigenvalue weighted by molar-refractivity contribution is 0.164. The smallest absolute Gasteiger partial charge is 0.320 e. The zero-order chi connectivity index (χ0) is 30.4. The number of aliphatic hydroxyl groups excluding tert-OH is 1. The SMILES string of the molecule is CNc1ncc2cc(C3CC3NC(=O)Nc3cc(C(C)(C)C)nn3-c3ccc(C#N)cc3)c(=O)n(C(C)(C)CO)c2n1. The molecule has 5 rings (SSSR count). The van der Waals surface area contributed by atoms with E-state index in [1.165, 1.54) is 4.57 Å². The molecule has 2 amide bonds. The first-order valence-electron chi connectivity index (χ1n) is 13.8. The first-order chi connectivity index (χ1) is 19.9. The average molecular weight is 570 g/mol. The fourth-order valence-electron chi connectivity index (χ4n) is 4.87. The van der Waals surface area contributed by atoms with Crippen LogP contribution in [0.15, 0.2) is 47.4 Å². The van der Waals surface area contributed by atoms with Crippen molar-refractivity contribution in [2.24, 2.45) is 0 Å². The molecule has 1 fully saturated rings. The highest BCUT2D eigenvalue weighted by Crippen LogP contribution is 2.40. The number of carbonyl (C=O) groups is 1. The van der Waals surface area contributed by atoms with E-state index in [9.17, 15) is 14.7 Å². The summed E-state index contributed by atoms with van der Waals surface area (Å²) in [5, 5.41) is 33.4. The Morgan fingerprint density at radius 1 is 1.17 bits per heavy atom. The third-order valence-corrected chi connectivity index (χ3v) is 7.45. The number of amides is 2. The zero-order valence-corrected chi connectivity index (χ0v) is 24.6. The summed E-state index contributed by atoms with van der Waals surface area (Å²) in [6.45, 7) is 9.40. The van der Waals surface area contributed by atoms with Gasteiger partial charge in [0.05, 0.1) is 35.2 Å². The molecule has 0 saturated heterocycles. The second-order valence-electron chi connectivity index (χ2n) is 12.2. The summed E-state index contributed by atoms with van der Waals surface area (Å²) in [6.07, 6.45) is 2.24. The highest BCUT2D eigenvalue weighted by Gasteiger charge is 2.42. The maximum absolute atomic E-state index is 13.7. The van der Waals surface area contributed by atoms with Crippen LogP contribution in [0.25, 0.3) is 16.7 Å². The van der Waals surface area contributed by atoms with E-state index in [1.807, 2.05) is 26.8 Å². The Morgan fingerprint density at radius 2 is 1.88 bits per heavy atom. The van der Waals surface area contributed by atoms with Crippen LogP contribution < -0.4 is 21.5 Å². The van der Waals surface area contributed by atoms with Gasteiger partial charge in [-0.15, -0.1) is 0 Å². The van der Waals surface area contributed by atoms with E-state index >= 15 is 0 Å². The Morgan fingerprint density at radius 3 is 2.50 bits per heavy atom. The Hall–Kier alpha value is -4.76. The van der Waals surface area contributed by atoms with Gasteiger partial charge in [-0.25, -0.2) is 14.5 Å². The molecule has 0 spiro atoms. The minimum Gasteiger partial charge on any atom is -0.394 e. The van der Waals surface area contributed by atoms with Gasteiger partial charge in [0.2, 0.25) is 5.95 Å². The number of anilines is 2. The van der Waals surface area contributed by atoms with Crippen LogP contribution in [0.1, 0.15) is 63.8 Å². The fraction of sp³-hybridized carbons (Fsp3) is 0.400. The molecule has 218 valence electrons. The van der Waals surface area contributed by atoms with Gasteiger partial charge in [0, 0.05) is 47.6 Å². The van der Waals surface area contributed by atoms with E-state index in [-0.39, 0.29) is 29.5 Å². The lowest BCUT2D eigenvalue weighted by Gasteiger charge is -2.27. The van der Waals surface area contributed by atoms with Crippen LogP contribution in [0.4, 0.5) is 16.6 Å². The summed E-state index contributed by atoms with van der Waals surface area (Å²) in [7, 11) is 1.70. The van der Waals surface area contributed by atoms with Gasteiger partial charge in [-0.1, -0.05) is 20.8 Å². The molecule has 4 N–H and O–H groups in total. The van der Waals surface area contributed by atoms with Crippen molar-refractivity contribution in [1.29, 1.82) is 5.26 Å². The summed E-state index contributed by atoms with van der Waals surface area (Å²) in [5.41, 5.74) is 1.55. The minimum atomic E-state index is -0.908. The third-order valence-electron chi connectivity index (χ3n) is 7.45. The van der Waals surface area contributed by atoms with Gasteiger partial charge in [-0.05, 0) is 50.6 Å². The number of aliphatic hydroxyl groups is 1. The van der Waals surface area contributed by atoms with Gasteiger partial charge in [0.1, 0.15) is 11.5 Å². The molecule has 1 saturated carbocycles. The van der Waals surface area contributed by atoms with Gasteiger partial charge in [0.25, 0.3) is 5.56 Å². The van der Waals surface area contributed by atoms with Crippen molar-refractivity contribution in [3.8, 4) is 11.8 Å². The van der Waals surface area contributed by atoms with Crippen molar-refractivity contribution in [2.75, 3.05) is 24.3 Å². The Kier molecular flexibility index (Phi) is 7.24. The molecule has 12 nitrogen and oxygen atoms in total. The Balaban J connectivity index is 1.40. The average Bonchev–Trinajstić information content (AvgIpc) is 3.57. The van der Waals surface area contributed by atoms with E-state index < -0.39 is 11.6 Å². The summed E-state index contributed by atoms with van der Waals surface area (Å²) in [5.74, 6) is 0.648. The summed E-state index contributed by atoms with van der Waals surface area (Å²) in [6, 6.07) is 12.0. The van der Waals surface area contributed by atoms with Gasteiger partial charge in [0.15, 0.2) is 0 Å². The lowest BCUT2D eigenvalue weighted by Crippen LogP contribution is -2.41. The number of hydrogen-bond donors (Lipinski definition) is 4. The second-order valence-corrected chi connectivity index (χ2v) is 12.2. The number of nitrogens with one attached hydrogen (secondary N) is 3. The summed E-state index contributed by atoms with van der Waals surface area (Å²) >= 11 is 0. The topological polar surface area (TPSA) is 163 Å². The number of rotatable bonds is 7. The van der Waals surface area contributed by atoms with Gasteiger partial charge < -0.3 is 15.7 Å². The maximum atomic E-state index is 13.7. The number of pyridine rings is 1.